The van der Waals surface area contributed by atoms with Crippen LogP contribution >= 0.6 is 22.7 Å². The van der Waals surface area contributed by atoms with Crippen LogP contribution in [0.2, 0.25) is 0 Å². The van der Waals surface area contributed by atoms with Crippen molar-refractivity contribution in [2.24, 2.45) is 0 Å². The Morgan fingerprint density at radius 3 is 2.63 bits per heavy atom. The highest BCUT2D eigenvalue weighted by atomic mass is 32.2. The molecule has 6 heteroatoms. The minimum atomic E-state index is -3.38. The molecule has 0 aliphatic carbocycles. The predicted octanol–water partition coefficient (Wildman–Crippen LogP) is 3.28. The quantitative estimate of drug-likeness (QED) is 0.889. The van der Waals surface area contributed by atoms with Crippen molar-refractivity contribution in [3.8, 4) is 0 Å². The highest BCUT2D eigenvalue weighted by molar-refractivity contribution is 7.91. The van der Waals surface area contributed by atoms with Gasteiger partial charge in [0, 0.05) is 15.8 Å². The highest BCUT2D eigenvalue weighted by Crippen LogP contribution is 2.22. The molecule has 2 rings (SSSR count). The minimum Gasteiger partial charge on any atom is -0.207 e. The average molecular weight is 315 g/mol. The van der Waals surface area contributed by atoms with Crippen LogP contribution in [-0.4, -0.2) is 14.5 Å². The smallest absolute Gasteiger partial charge is 0.207 e. The maximum atomic E-state index is 12.2. The van der Waals surface area contributed by atoms with E-state index in [0.29, 0.717) is 4.21 Å². The van der Waals surface area contributed by atoms with Gasteiger partial charge in [-0.3, -0.25) is 0 Å². The Bertz CT molecular complexity index is 614. The summed E-state index contributed by atoms with van der Waals surface area (Å²) in [5.74, 6) is 0. The Hall–Kier alpha value is -0.690. The van der Waals surface area contributed by atoms with Crippen LogP contribution in [0.4, 0.5) is 0 Å². The van der Waals surface area contributed by atoms with Crippen LogP contribution in [0.3, 0.4) is 0 Å². The Balaban J connectivity index is 2.04. The summed E-state index contributed by atoms with van der Waals surface area (Å²) in [6.07, 6.45) is 1.59. The molecule has 0 saturated heterocycles. The molecule has 2 aromatic heterocycles. The van der Waals surface area contributed by atoms with Gasteiger partial charge in [-0.15, -0.1) is 22.7 Å². The van der Waals surface area contributed by atoms with Crippen LogP contribution in [0.5, 0.6) is 0 Å². The van der Waals surface area contributed by atoms with Gasteiger partial charge in [-0.1, -0.05) is 13.0 Å². The Kier molecular flexibility index (Phi) is 4.78. The fourth-order valence-corrected chi connectivity index (χ4v) is 5.18. The van der Waals surface area contributed by atoms with E-state index in [1.165, 1.54) is 16.2 Å². The molecule has 3 nitrogen and oxygen atoms in total. The molecular weight excluding hydrogens is 298 g/mol. The van der Waals surface area contributed by atoms with E-state index in [4.69, 9.17) is 0 Å². The lowest BCUT2D eigenvalue weighted by Gasteiger charge is -2.12. The maximum absolute atomic E-state index is 12.2. The maximum Gasteiger partial charge on any atom is 0.250 e. The van der Waals surface area contributed by atoms with E-state index < -0.39 is 10.0 Å². The largest absolute Gasteiger partial charge is 0.250 e. The van der Waals surface area contributed by atoms with E-state index in [1.54, 1.807) is 17.4 Å². The van der Waals surface area contributed by atoms with Crippen molar-refractivity contribution in [1.29, 1.82) is 0 Å². The number of hydrogen-bond acceptors (Lipinski definition) is 4. The molecule has 19 heavy (non-hydrogen) atoms. The van der Waals surface area contributed by atoms with Crippen molar-refractivity contribution in [3.05, 3.63) is 39.4 Å². The molecule has 0 amide bonds. The lowest BCUT2D eigenvalue weighted by Crippen LogP contribution is -2.33. The Morgan fingerprint density at radius 1 is 1.26 bits per heavy atom. The lowest BCUT2D eigenvalue weighted by molar-refractivity contribution is 0.563. The summed E-state index contributed by atoms with van der Waals surface area (Å²) in [5, 5.41) is 2.00. The molecule has 1 N–H and O–H groups in total. The number of thiophene rings is 2. The topological polar surface area (TPSA) is 46.2 Å². The molecule has 104 valence electrons. The zero-order valence-corrected chi connectivity index (χ0v) is 13.4. The first-order valence-electron chi connectivity index (χ1n) is 6.14. The zero-order valence-electron chi connectivity index (χ0n) is 10.9. The van der Waals surface area contributed by atoms with Crippen LogP contribution in [0, 0.1) is 0 Å². The normalized spacial score (nSPS) is 13.6. The number of hydrogen-bond donors (Lipinski definition) is 1. The summed E-state index contributed by atoms with van der Waals surface area (Å²) in [7, 11) is -3.38. The van der Waals surface area contributed by atoms with Crippen LogP contribution in [0.15, 0.2) is 33.9 Å². The molecule has 2 aromatic rings. The fourth-order valence-electron chi connectivity index (χ4n) is 1.79. The molecule has 0 fully saturated rings. The van der Waals surface area contributed by atoms with Crippen molar-refractivity contribution in [2.45, 2.75) is 36.9 Å². The number of rotatable bonds is 6. The van der Waals surface area contributed by atoms with E-state index in [1.807, 2.05) is 37.4 Å². The molecule has 0 bridgehead atoms. The molecule has 0 spiro atoms. The molecule has 0 aromatic carbocycles. The van der Waals surface area contributed by atoms with Crippen molar-refractivity contribution in [2.75, 3.05) is 0 Å². The van der Waals surface area contributed by atoms with E-state index in [9.17, 15) is 8.42 Å². The van der Waals surface area contributed by atoms with Gasteiger partial charge in [0.2, 0.25) is 10.0 Å². The Labute approximate surface area is 122 Å². The molecule has 1 unspecified atom stereocenters. The molecule has 0 aliphatic rings. The second kappa shape index (κ2) is 6.17. The van der Waals surface area contributed by atoms with Gasteiger partial charge in [-0.05, 0) is 43.3 Å². The van der Waals surface area contributed by atoms with E-state index in [-0.39, 0.29) is 6.04 Å². The molecule has 1 atom stereocenters. The van der Waals surface area contributed by atoms with Gasteiger partial charge >= 0.3 is 0 Å². The molecule has 0 aliphatic heterocycles. The summed E-state index contributed by atoms with van der Waals surface area (Å²) in [6, 6.07) is 7.47. The van der Waals surface area contributed by atoms with E-state index >= 15 is 0 Å². The number of sulfonamides is 1. The van der Waals surface area contributed by atoms with Crippen LogP contribution in [0.25, 0.3) is 0 Å². The van der Waals surface area contributed by atoms with Gasteiger partial charge in [0.05, 0.1) is 0 Å². The minimum absolute atomic E-state index is 0.101. The van der Waals surface area contributed by atoms with Crippen molar-refractivity contribution in [1.82, 2.24) is 4.72 Å². The fraction of sp³-hybridized carbons (Fsp3) is 0.385. The summed E-state index contributed by atoms with van der Waals surface area (Å²) < 4.78 is 27.5. The summed E-state index contributed by atoms with van der Waals surface area (Å²) in [5.41, 5.74) is 0. The third kappa shape index (κ3) is 3.89. The van der Waals surface area contributed by atoms with Gasteiger partial charge in [-0.2, -0.15) is 0 Å². The van der Waals surface area contributed by atoms with Gasteiger partial charge in [0.1, 0.15) is 4.21 Å². The average Bonchev–Trinajstić information content (AvgIpc) is 2.97. The molecule has 0 saturated carbocycles. The van der Waals surface area contributed by atoms with Gasteiger partial charge < -0.3 is 0 Å². The SMILES string of the molecule is CCc1ccc(S(=O)(=O)NC(C)Cc2cccs2)s1. The van der Waals surface area contributed by atoms with Crippen LogP contribution < -0.4 is 4.72 Å². The molecule has 2 heterocycles. The first-order chi connectivity index (χ1) is 9.01. The predicted molar refractivity (Wildman–Crippen MR) is 81.5 cm³/mol. The summed E-state index contributed by atoms with van der Waals surface area (Å²) in [4.78, 5) is 2.28. The third-order valence-electron chi connectivity index (χ3n) is 2.69. The first kappa shape index (κ1) is 14.7. The summed E-state index contributed by atoms with van der Waals surface area (Å²) in [6.45, 7) is 3.92. The number of aryl methyl sites for hydroxylation is 1. The van der Waals surface area contributed by atoms with Gasteiger partial charge in [0.25, 0.3) is 0 Å². The monoisotopic (exact) mass is 315 g/mol. The van der Waals surface area contributed by atoms with E-state index in [0.717, 1.165) is 17.7 Å². The molecular formula is C13H17NO2S3. The second-order valence-corrected chi connectivity index (χ2v) is 8.52. The second-order valence-electron chi connectivity index (χ2n) is 4.38. The van der Waals surface area contributed by atoms with Crippen molar-refractivity contribution in [3.63, 3.8) is 0 Å². The zero-order chi connectivity index (χ0) is 13.9. The lowest BCUT2D eigenvalue weighted by atomic mass is 10.2. The van der Waals surface area contributed by atoms with Gasteiger partial charge in [0.15, 0.2) is 0 Å². The Morgan fingerprint density at radius 2 is 2.05 bits per heavy atom. The third-order valence-corrected chi connectivity index (χ3v) is 6.90. The van der Waals surface area contributed by atoms with Crippen molar-refractivity contribution >= 4 is 32.7 Å². The highest BCUT2D eigenvalue weighted by Gasteiger charge is 2.19. The van der Waals surface area contributed by atoms with Crippen LogP contribution in [-0.2, 0) is 22.9 Å². The van der Waals surface area contributed by atoms with E-state index in [2.05, 4.69) is 4.72 Å². The first-order valence-corrected chi connectivity index (χ1v) is 9.32. The standard InChI is InChI=1S/C13H17NO2S3/c1-3-11-6-7-13(18-11)19(15,16)14-10(2)9-12-5-4-8-17-12/h4-8,10,14H,3,9H2,1-2H3. The van der Waals surface area contributed by atoms with Crippen LogP contribution in [0.1, 0.15) is 23.6 Å². The van der Waals surface area contributed by atoms with Gasteiger partial charge in [-0.25, -0.2) is 13.1 Å². The number of nitrogens with one attached hydrogen (secondary N) is 1. The summed E-state index contributed by atoms with van der Waals surface area (Å²) >= 11 is 2.99. The van der Waals surface area contributed by atoms with Crippen molar-refractivity contribution < 1.29 is 8.42 Å². The molecule has 0 radical (unpaired) electrons.